The number of methoxy groups -OCH3 is 1. The molecule has 1 aromatic heterocycles. The van der Waals surface area contributed by atoms with Crippen molar-refractivity contribution in [2.24, 2.45) is 0 Å². The maximum Gasteiger partial charge on any atom is 0.373 e. The molecule has 1 N–H and O–H groups in total. The topological polar surface area (TPSA) is 98.1 Å². The van der Waals surface area contributed by atoms with Gasteiger partial charge in [-0.05, 0) is 53.6 Å². The van der Waals surface area contributed by atoms with Gasteiger partial charge in [0, 0.05) is 0 Å². The Kier molecular flexibility index (Phi) is 6.65. The summed E-state index contributed by atoms with van der Waals surface area (Å²) in [6.45, 7) is -0.0293. The number of hydrogen-bond acceptors (Lipinski definition) is 6. The van der Waals surface area contributed by atoms with Crippen LogP contribution in [0.4, 0.5) is 9.18 Å². The first-order valence-corrected chi connectivity index (χ1v) is 10.4. The zero-order valence-electron chi connectivity index (χ0n) is 17.8. The van der Waals surface area contributed by atoms with Gasteiger partial charge in [0.25, 0.3) is 5.91 Å². The van der Waals surface area contributed by atoms with Crippen LogP contribution in [0.5, 0.6) is 5.75 Å². The average molecular weight is 485 g/mol. The van der Waals surface area contributed by atoms with E-state index in [0.717, 1.165) is 4.90 Å². The first kappa shape index (κ1) is 23.1. The van der Waals surface area contributed by atoms with Crippen molar-refractivity contribution in [3.63, 3.8) is 0 Å². The Hall–Kier alpha value is -4.11. The molecule has 34 heavy (non-hydrogen) atoms. The van der Waals surface area contributed by atoms with Gasteiger partial charge in [0.1, 0.15) is 29.6 Å². The first-order valence-electron chi connectivity index (χ1n) is 10.0. The maximum atomic E-state index is 13.3. The van der Waals surface area contributed by atoms with Crippen LogP contribution < -0.4 is 10.1 Å². The van der Waals surface area contributed by atoms with Gasteiger partial charge in [-0.1, -0.05) is 29.8 Å². The number of carbonyl (C=O) groups is 3. The number of amides is 3. The normalized spacial score (nSPS) is 14.4. The van der Waals surface area contributed by atoms with Gasteiger partial charge in [0.05, 0.1) is 18.7 Å². The van der Waals surface area contributed by atoms with Crippen molar-refractivity contribution in [3.8, 4) is 5.75 Å². The molecule has 0 radical (unpaired) electrons. The lowest BCUT2D eigenvalue weighted by Crippen LogP contribution is -2.30. The highest BCUT2D eigenvalue weighted by atomic mass is 35.5. The summed E-state index contributed by atoms with van der Waals surface area (Å²) < 4.78 is 28.8. The van der Waals surface area contributed by atoms with Gasteiger partial charge in [-0.3, -0.25) is 9.69 Å². The average Bonchev–Trinajstić information content (AvgIpc) is 3.38. The molecule has 8 nitrogen and oxygen atoms in total. The fourth-order valence-electron chi connectivity index (χ4n) is 3.22. The van der Waals surface area contributed by atoms with Crippen LogP contribution in [0.3, 0.4) is 0 Å². The molecule has 3 amide bonds. The van der Waals surface area contributed by atoms with Crippen LogP contribution in [-0.4, -0.2) is 29.9 Å². The van der Waals surface area contributed by atoms with Crippen molar-refractivity contribution in [2.45, 2.75) is 13.2 Å². The van der Waals surface area contributed by atoms with Gasteiger partial charge in [0.2, 0.25) is 5.76 Å². The zero-order chi connectivity index (χ0) is 24.2. The van der Waals surface area contributed by atoms with Crippen molar-refractivity contribution in [1.29, 1.82) is 0 Å². The van der Waals surface area contributed by atoms with E-state index in [-0.39, 0.29) is 41.2 Å². The van der Waals surface area contributed by atoms with E-state index in [0.29, 0.717) is 16.9 Å². The van der Waals surface area contributed by atoms with Crippen LogP contribution in [0.2, 0.25) is 5.02 Å². The number of benzene rings is 2. The lowest BCUT2D eigenvalue weighted by atomic mass is 10.1. The fraction of sp³-hybridized carbons (Fsp3) is 0.125. The highest BCUT2D eigenvalue weighted by molar-refractivity contribution is 6.32. The molecule has 4 rings (SSSR count). The molecule has 0 spiro atoms. The Labute approximate surface area is 198 Å². The van der Waals surface area contributed by atoms with Gasteiger partial charge >= 0.3 is 12.0 Å². The molecule has 1 aliphatic rings. The van der Waals surface area contributed by atoms with E-state index in [9.17, 15) is 18.8 Å². The second-order valence-corrected chi connectivity index (χ2v) is 7.65. The number of carbonyl (C=O) groups excluding carboxylic acids is 3. The molecule has 2 aromatic carbocycles. The highest BCUT2D eigenvalue weighted by Crippen LogP contribution is 2.28. The van der Waals surface area contributed by atoms with Crippen LogP contribution in [-0.2, 0) is 22.7 Å². The van der Waals surface area contributed by atoms with Crippen LogP contribution in [0.1, 0.15) is 27.4 Å². The Balaban J connectivity index is 1.43. The van der Waals surface area contributed by atoms with E-state index >= 15 is 0 Å². The number of ether oxygens (including phenoxy) is 2. The minimum Gasteiger partial charge on any atom is -0.487 e. The number of imide groups is 1. The molecule has 1 aliphatic heterocycles. The van der Waals surface area contributed by atoms with E-state index in [4.69, 9.17) is 20.8 Å². The van der Waals surface area contributed by atoms with Crippen molar-refractivity contribution in [2.75, 3.05) is 7.11 Å². The second kappa shape index (κ2) is 9.80. The maximum absolute atomic E-state index is 13.3. The minimum absolute atomic E-state index is 0.0327. The smallest absolute Gasteiger partial charge is 0.373 e. The molecule has 174 valence electrons. The number of rotatable bonds is 7. The van der Waals surface area contributed by atoms with E-state index in [1.165, 1.54) is 37.5 Å². The number of hydrogen-bond donors (Lipinski definition) is 1. The molecule has 0 atom stereocenters. The lowest BCUT2D eigenvalue weighted by molar-refractivity contribution is -0.123. The second-order valence-electron chi connectivity index (χ2n) is 7.25. The van der Waals surface area contributed by atoms with Crippen LogP contribution in [0, 0.1) is 5.82 Å². The number of urea groups is 1. The predicted molar refractivity (Wildman–Crippen MR) is 119 cm³/mol. The molecule has 3 aromatic rings. The monoisotopic (exact) mass is 484 g/mol. The minimum atomic E-state index is -0.663. The molecule has 1 saturated heterocycles. The summed E-state index contributed by atoms with van der Waals surface area (Å²) in [5.41, 5.74) is 1.26. The largest absolute Gasteiger partial charge is 0.487 e. The summed E-state index contributed by atoms with van der Waals surface area (Å²) >= 11 is 6.29. The summed E-state index contributed by atoms with van der Waals surface area (Å²) in [5, 5.41) is 2.79. The fourth-order valence-corrected chi connectivity index (χ4v) is 3.47. The van der Waals surface area contributed by atoms with Gasteiger partial charge in [-0.15, -0.1) is 0 Å². The third kappa shape index (κ3) is 5.10. The number of nitrogens with one attached hydrogen (secondary N) is 1. The molecular formula is C24H18ClFN2O6. The van der Waals surface area contributed by atoms with Crippen molar-refractivity contribution >= 4 is 35.6 Å². The van der Waals surface area contributed by atoms with Crippen LogP contribution >= 0.6 is 11.6 Å². The zero-order valence-corrected chi connectivity index (χ0v) is 18.6. The van der Waals surface area contributed by atoms with Crippen molar-refractivity contribution < 1.29 is 32.7 Å². The van der Waals surface area contributed by atoms with E-state index in [2.05, 4.69) is 10.1 Å². The number of nitrogens with zero attached hydrogens (tertiary/aromatic N) is 1. The summed E-state index contributed by atoms with van der Waals surface area (Å²) in [6, 6.07) is 13.1. The molecule has 0 saturated carbocycles. The molecule has 10 heteroatoms. The van der Waals surface area contributed by atoms with Gasteiger partial charge in [-0.2, -0.15) is 0 Å². The van der Waals surface area contributed by atoms with E-state index in [1.54, 1.807) is 30.3 Å². The van der Waals surface area contributed by atoms with Gasteiger partial charge in [-0.25, -0.2) is 14.0 Å². The third-order valence-corrected chi connectivity index (χ3v) is 5.17. The number of halogens is 2. The summed E-state index contributed by atoms with van der Waals surface area (Å²) in [7, 11) is 1.22. The van der Waals surface area contributed by atoms with Crippen LogP contribution in [0.15, 0.2) is 64.7 Å². The van der Waals surface area contributed by atoms with Gasteiger partial charge in [0.15, 0.2) is 0 Å². The summed E-state index contributed by atoms with van der Waals surface area (Å²) in [6.07, 6.45) is 1.48. The number of furan rings is 1. The Morgan fingerprint density at radius 2 is 2.00 bits per heavy atom. The predicted octanol–water partition coefficient (Wildman–Crippen LogP) is 4.53. The van der Waals surface area contributed by atoms with Crippen molar-refractivity contribution in [3.05, 3.63) is 93.8 Å². The Morgan fingerprint density at radius 3 is 2.74 bits per heavy atom. The molecule has 0 unspecified atom stereocenters. The lowest BCUT2D eigenvalue weighted by Gasteiger charge is -2.09. The summed E-state index contributed by atoms with van der Waals surface area (Å²) in [5.74, 6) is -0.992. The highest BCUT2D eigenvalue weighted by Gasteiger charge is 2.34. The summed E-state index contributed by atoms with van der Waals surface area (Å²) in [4.78, 5) is 37.5. The molecule has 0 bridgehead atoms. The SMILES string of the molecule is COC(=O)c1ccc(CN2C(=O)NC(=Cc3ccc(OCc4cccc(F)c4)c(Cl)c3)C2=O)o1. The quantitative estimate of drug-likeness (QED) is 0.300. The molecular weight excluding hydrogens is 467 g/mol. The van der Waals surface area contributed by atoms with Gasteiger partial charge < -0.3 is 19.2 Å². The van der Waals surface area contributed by atoms with Crippen molar-refractivity contribution in [1.82, 2.24) is 10.2 Å². The van der Waals surface area contributed by atoms with Crippen LogP contribution in [0.25, 0.3) is 6.08 Å². The van der Waals surface area contributed by atoms with E-state index in [1.807, 2.05) is 0 Å². The standard InChI is InChI=1S/C24H18ClFN2O6/c1-32-23(30)21-8-6-17(34-21)12-28-22(29)19(27-24(28)31)11-14-5-7-20(18(25)10-14)33-13-15-3-2-4-16(26)9-15/h2-11H,12-13H2,1H3,(H,27,31). The molecule has 0 aliphatic carbocycles. The number of esters is 1. The molecule has 1 fully saturated rings. The van der Waals surface area contributed by atoms with E-state index < -0.39 is 17.9 Å². The Morgan fingerprint density at radius 1 is 1.18 bits per heavy atom. The first-order chi connectivity index (χ1) is 16.3. The Bertz CT molecular complexity index is 1300. The third-order valence-electron chi connectivity index (χ3n) is 4.87. The molecule has 2 heterocycles.